The monoisotopic (exact) mass is 525 g/mol. The normalized spacial score (nSPS) is 14.1. The number of nitrogen functional groups attached to an aromatic ring is 1. The third-order valence-corrected chi connectivity index (χ3v) is 7.79. The number of hydrogen-bond donors (Lipinski definition) is 3. The SMILES string of the molecule is COC(=O)CN(c1ccc2nc(C)n(Cc3ccc(C(=N)N)c4ccccc34)c2c1)C1CCN(C(C)=N)CC1. The number of fused-ring (bicyclic) bond motifs is 2. The van der Waals surface area contributed by atoms with Gasteiger partial charge in [0.15, 0.2) is 0 Å². The summed E-state index contributed by atoms with van der Waals surface area (Å²) in [5, 5.41) is 18.0. The van der Waals surface area contributed by atoms with Crippen LogP contribution in [0.25, 0.3) is 21.8 Å². The molecule has 9 nitrogen and oxygen atoms in total. The number of nitrogens with two attached hydrogens (primary N) is 1. The molecule has 1 aromatic heterocycles. The highest BCUT2D eigenvalue weighted by Crippen LogP contribution is 2.30. The molecule has 2 heterocycles. The Morgan fingerprint density at radius 2 is 1.82 bits per heavy atom. The van der Waals surface area contributed by atoms with Crippen molar-refractivity contribution in [3.63, 3.8) is 0 Å². The minimum absolute atomic E-state index is 0.0546. The number of amidine groups is 2. The van der Waals surface area contributed by atoms with E-state index in [4.69, 9.17) is 26.3 Å². The molecule has 0 amide bonds. The lowest BCUT2D eigenvalue weighted by atomic mass is 9.99. The molecule has 1 fully saturated rings. The summed E-state index contributed by atoms with van der Waals surface area (Å²) >= 11 is 0. The van der Waals surface area contributed by atoms with E-state index < -0.39 is 0 Å². The topological polar surface area (TPSA) is 124 Å². The van der Waals surface area contributed by atoms with Crippen LogP contribution in [0.3, 0.4) is 0 Å². The summed E-state index contributed by atoms with van der Waals surface area (Å²) < 4.78 is 7.25. The van der Waals surface area contributed by atoms with Crippen molar-refractivity contribution in [1.29, 1.82) is 10.8 Å². The second-order valence-electron chi connectivity index (χ2n) is 10.2. The molecule has 202 valence electrons. The highest BCUT2D eigenvalue weighted by Gasteiger charge is 2.27. The van der Waals surface area contributed by atoms with Crippen LogP contribution in [0.4, 0.5) is 5.69 Å². The lowest BCUT2D eigenvalue weighted by molar-refractivity contribution is -0.139. The van der Waals surface area contributed by atoms with Crippen LogP contribution in [0.2, 0.25) is 0 Å². The van der Waals surface area contributed by atoms with Crippen LogP contribution in [0.1, 0.15) is 36.7 Å². The van der Waals surface area contributed by atoms with Gasteiger partial charge in [0.05, 0.1) is 24.0 Å². The Bertz CT molecular complexity index is 1570. The molecule has 0 radical (unpaired) electrons. The number of anilines is 1. The molecule has 3 aromatic carbocycles. The highest BCUT2D eigenvalue weighted by atomic mass is 16.5. The van der Waals surface area contributed by atoms with Gasteiger partial charge < -0.3 is 24.8 Å². The first-order chi connectivity index (χ1) is 18.8. The zero-order valence-electron chi connectivity index (χ0n) is 22.7. The first-order valence-electron chi connectivity index (χ1n) is 13.2. The maximum Gasteiger partial charge on any atom is 0.325 e. The number of carbonyl (C=O) groups is 1. The van der Waals surface area contributed by atoms with Crippen LogP contribution in [0, 0.1) is 17.7 Å². The standard InChI is InChI=1S/C30H35N7O2/c1-19(31)35-14-12-22(13-15-35)37(18-29(38)39-3)23-9-11-27-28(16-23)36(20(2)34-27)17-21-8-10-26(30(32)33)25-7-5-4-6-24(21)25/h4-11,16,22,31H,12-15,17-18H2,1-3H3,(H3,32,33). The number of likely N-dealkylation sites (tertiary alicyclic amines) is 1. The molecule has 39 heavy (non-hydrogen) atoms. The molecular weight excluding hydrogens is 490 g/mol. The minimum atomic E-state index is -0.275. The third kappa shape index (κ3) is 5.16. The zero-order chi connectivity index (χ0) is 27.7. The fourth-order valence-electron chi connectivity index (χ4n) is 5.66. The number of benzene rings is 3. The fourth-order valence-corrected chi connectivity index (χ4v) is 5.66. The lowest BCUT2D eigenvalue weighted by Crippen LogP contribution is -2.48. The van der Waals surface area contributed by atoms with E-state index in [-0.39, 0.29) is 24.4 Å². The Balaban J connectivity index is 1.53. The van der Waals surface area contributed by atoms with E-state index in [1.165, 1.54) is 7.11 Å². The van der Waals surface area contributed by atoms with Crippen molar-refractivity contribution in [2.24, 2.45) is 5.73 Å². The van der Waals surface area contributed by atoms with E-state index in [1.54, 1.807) is 0 Å². The van der Waals surface area contributed by atoms with Gasteiger partial charge in [-0.25, -0.2) is 4.98 Å². The van der Waals surface area contributed by atoms with E-state index in [1.807, 2.05) is 56.3 Å². The number of carbonyl (C=O) groups excluding carboxylic acids is 1. The van der Waals surface area contributed by atoms with Gasteiger partial charge in [-0.1, -0.05) is 36.4 Å². The van der Waals surface area contributed by atoms with E-state index >= 15 is 0 Å². The number of piperidine rings is 1. The molecule has 4 aromatic rings. The number of ether oxygens (including phenoxy) is 1. The van der Waals surface area contributed by atoms with Gasteiger partial charge in [0.25, 0.3) is 0 Å². The summed E-state index contributed by atoms with van der Waals surface area (Å²) in [4.78, 5) is 21.5. The molecule has 9 heteroatoms. The van der Waals surface area contributed by atoms with Crippen LogP contribution < -0.4 is 10.6 Å². The van der Waals surface area contributed by atoms with Gasteiger partial charge in [0.2, 0.25) is 0 Å². The van der Waals surface area contributed by atoms with Crippen molar-refractivity contribution in [3.8, 4) is 0 Å². The molecule has 0 spiro atoms. The van der Waals surface area contributed by atoms with Crippen LogP contribution >= 0.6 is 0 Å². The number of aryl methyl sites for hydroxylation is 1. The molecule has 1 saturated heterocycles. The average molecular weight is 526 g/mol. The number of nitrogens with zero attached hydrogens (tertiary/aromatic N) is 4. The van der Waals surface area contributed by atoms with Crippen LogP contribution in [-0.2, 0) is 16.1 Å². The Morgan fingerprint density at radius 3 is 2.49 bits per heavy atom. The van der Waals surface area contributed by atoms with Gasteiger partial charge >= 0.3 is 5.97 Å². The van der Waals surface area contributed by atoms with Crippen LogP contribution in [-0.4, -0.2) is 64.9 Å². The van der Waals surface area contributed by atoms with Crippen molar-refractivity contribution in [2.45, 2.75) is 39.3 Å². The van der Waals surface area contributed by atoms with E-state index in [0.29, 0.717) is 12.4 Å². The maximum absolute atomic E-state index is 12.4. The maximum atomic E-state index is 12.4. The van der Waals surface area contributed by atoms with Gasteiger partial charge in [-0.15, -0.1) is 0 Å². The number of imidazole rings is 1. The number of hydrogen-bond acceptors (Lipinski definition) is 6. The molecule has 0 saturated carbocycles. The fraction of sp³-hybridized carbons (Fsp3) is 0.333. The van der Waals surface area contributed by atoms with Gasteiger partial charge in [-0.3, -0.25) is 15.6 Å². The molecule has 0 unspecified atom stereocenters. The smallest absolute Gasteiger partial charge is 0.325 e. The quantitative estimate of drug-likeness (QED) is 0.188. The first-order valence-corrected chi connectivity index (χ1v) is 13.2. The van der Waals surface area contributed by atoms with Gasteiger partial charge in [0, 0.05) is 36.9 Å². The van der Waals surface area contributed by atoms with Crippen molar-refractivity contribution in [3.05, 3.63) is 71.5 Å². The van der Waals surface area contributed by atoms with Crippen molar-refractivity contribution < 1.29 is 9.53 Å². The number of methoxy groups -OCH3 is 1. The summed E-state index contributed by atoms with van der Waals surface area (Å²) in [5.41, 5.74) is 10.5. The molecular formula is C30H35N7O2. The molecule has 0 bridgehead atoms. The Morgan fingerprint density at radius 1 is 1.10 bits per heavy atom. The molecule has 0 atom stereocenters. The van der Waals surface area contributed by atoms with Crippen molar-refractivity contribution in [2.75, 3.05) is 31.6 Å². The summed E-state index contributed by atoms with van der Waals surface area (Å²) in [6, 6.07) is 18.3. The predicted octanol–water partition coefficient (Wildman–Crippen LogP) is 4.27. The lowest BCUT2D eigenvalue weighted by Gasteiger charge is -2.39. The second kappa shape index (κ2) is 10.8. The predicted molar refractivity (Wildman–Crippen MR) is 156 cm³/mol. The van der Waals surface area contributed by atoms with Crippen LogP contribution in [0.15, 0.2) is 54.6 Å². The number of nitrogens with one attached hydrogen (secondary N) is 2. The number of esters is 1. The molecule has 0 aliphatic carbocycles. The highest BCUT2D eigenvalue weighted by molar-refractivity contribution is 6.08. The van der Waals surface area contributed by atoms with Crippen LogP contribution in [0.5, 0.6) is 0 Å². The van der Waals surface area contributed by atoms with E-state index in [0.717, 1.165) is 70.4 Å². The summed E-state index contributed by atoms with van der Waals surface area (Å²) in [5.74, 6) is 1.26. The summed E-state index contributed by atoms with van der Waals surface area (Å²) in [6.45, 7) is 6.19. The molecule has 5 rings (SSSR count). The number of aromatic nitrogens is 2. The van der Waals surface area contributed by atoms with Crippen molar-refractivity contribution in [1.82, 2.24) is 14.5 Å². The molecule has 4 N–H and O–H groups in total. The van der Waals surface area contributed by atoms with Gasteiger partial charge in [-0.05, 0) is 61.2 Å². The summed E-state index contributed by atoms with van der Waals surface area (Å²) in [6.07, 6.45) is 1.72. The average Bonchev–Trinajstić information content (AvgIpc) is 3.25. The summed E-state index contributed by atoms with van der Waals surface area (Å²) in [7, 11) is 1.42. The van der Waals surface area contributed by atoms with Gasteiger partial charge in [0.1, 0.15) is 18.2 Å². The number of rotatable bonds is 7. The largest absolute Gasteiger partial charge is 0.468 e. The van der Waals surface area contributed by atoms with E-state index in [9.17, 15) is 4.79 Å². The molecule has 1 aliphatic rings. The van der Waals surface area contributed by atoms with Crippen molar-refractivity contribution >= 4 is 45.1 Å². The Hall–Kier alpha value is -4.40. The second-order valence-corrected chi connectivity index (χ2v) is 10.2. The zero-order valence-corrected chi connectivity index (χ0v) is 22.7. The Labute approximate surface area is 228 Å². The Kier molecular flexibility index (Phi) is 7.24. The van der Waals surface area contributed by atoms with Gasteiger partial charge in [-0.2, -0.15) is 0 Å². The van der Waals surface area contributed by atoms with E-state index in [2.05, 4.69) is 26.5 Å². The molecule has 1 aliphatic heterocycles. The first kappa shape index (κ1) is 26.2. The third-order valence-electron chi connectivity index (χ3n) is 7.79. The minimum Gasteiger partial charge on any atom is -0.468 e.